The predicted octanol–water partition coefficient (Wildman–Crippen LogP) is 3.40. The van der Waals surface area contributed by atoms with E-state index in [-0.39, 0.29) is 11.7 Å². The average molecular weight is 370 g/mol. The molecular formula is C17H24ClN3O2S. The van der Waals surface area contributed by atoms with Crippen LogP contribution < -0.4 is 0 Å². The molecule has 1 aliphatic rings. The van der Waals surface area contributed by atoms with E-state index in [4.69, 9.17) is 11.6 Å². The van der Waals surface area contributed by atoms with Crippen molar-refractivity contribution in [3.05, 3.63) is 29.6 Å². The molecule has 0 saturated carbocycles. The zero-order valence-corrected chi connectivity index (χ0v) is 15.5. The molecule has 7 heteroatoms. The van der Waals surface area contributed by atoms with Crippen molar-refractivity contribution in [3.8, 4) is 0 Å². The van der Waals surface area contributed by atoms with Crippen molar-refractivity contribution < 1.29 is 8.42 Å². The summed E-state index contributed by atoms with van der Waals surface area (Å²) < 4.78 is 26.6. The third-order valence-corrected chi connectivity index (χ3v) is 6.80. The molecule has 3 rings (SSSR count). The van der Waals surface area contributed by atoms with Crippen LogP contribution in [0.4, 0.5) is 0 Å². The summed E-state index contributed by atoms with van der Waals surface area (Å²) in [7, 11) is -3.20. The molecule has 132 valence electrons. The molecule has 1 N–H and O–H groups in total. The molecule has 5 nitrogen and oxygen atoms in total. The van der Waals surface area contributed by atoms with E-state index in [9.17, 15) is 8.42 Å². The van der Waals surface area contributed by atoms with Gasteiger partial charge in [-0.25, -0.2) is 17.7 Å². The Morgan fingerprint density at radius 1 is 1.38 bits per heavy atom. The lowest BCUT2D eigenvalue weighted by Gasteiger charge is -2.31. The lowest BCUT2D eigenvalue weighted by Crippen LogP contribution is -2.40. The molecule has 1 aromatic carbocycles. The molecule has 0 aliphatic carbocycles. The fraction of sp³-hybridized carbons (Fsp3) is 0.588. The van der Waals surface area contributed by atoms with Gasteiger partial charge in [0.05, 0.1) is 16.8 Å². The molecule has 1 aromatic heterocycles. The summed E-state index contributed by atoms with van der Waals surface area (Å²) in [6.45, 7) is 3.18. The van der Waals surface area contributed by atoms with Crippen molar-refractivity contribution in [2.45, 2.75) is 38.5 Å². The summed E-state index contributed by atoms with van der Waals surface area (Å²) in [6, 6.07) is 6.13. The standard InChI is InChI=1S/C17H24ClN3O2S/c1-13-6-7-15-16(11-13)20-17(19-15)14-5-4-9-21(12-14)24(22,23)10-3-2-8-18/h6-7,11,14H,2-5,8-10,12H2,1H3,(H,19,20)/t14-/m1/s1. The molecule has 0 radical (unpaired) electrons. The quantitative estimate of drug-likeness (QED) is 0.626. The topological polar surface area (TPSA) is 66.1 Å². The first-order chi connectivity index (χ1) is 11.5. The Morgan fingerprint density at radius 2 is 2.21 bits per heavy atom. The van der Waals surface area contributed by atoms with Crippen LogP contribution in [0.1, 0.15) is 43.0 Å². The Kier molecular flexibility index (Phi) is 5.47. The summed E-state index contributed by atoms with van der Waals surface area (Å²) >= 11 is 5.65. The second-order valence-electron chi connectivity index (χ2n) is 6.55. The number of alkyl halides is 1. The number of H-pyrrole nitrogens is 1. The van der Waals surface area contributed by atoms with Gasteiger partial charge in [0.15, 0.2) is 0 Å². The van der Waals surface area contributed by atoms with Crippen LogP contribution in [0, 0.1) is 6.92 Å². The molecule has 2 aromatic rings. The number of nitrogens with one attached hydrogen (secondary N) is 1. The van der Waals surface area contributed by atoms with Crippen molar-refractivity contribution in [2.24, 2.45) is 0 Å². The Labute approximate surface area is 148 Å². The minimum absolute atomic E-state index is 0.134. The average Bonchev–Trinajstić information content (AvgIpc) is 2.98. The Morgan fingerprint density at radius 3 is 3.00 bits per heavy atom. The minimum atomic E-state index is -3.20. The third-order valence-electron chi connectivity index (χ3n) is 4.61. The minimum Gasteiger partial charge on any atom is -0.342 e. The van der Waals surface area contributed by atoms with Crippen LogP contribution in [0.3, 0.4) is 0 Å². The highest BCUT2D eigenvalue weighted by molar-refractivity contribution is 7.89. The molecule has 0 unspecified atom stereocenters. The smallest absolute Gasteiger partial charge is 0.214 e. The molecule has 0 spiro atoms. The van der Waals surface area contributed by atoms with E-state index in [1.807, 2.05) is 12.1 Å². The molecule has 0 amide bonds. The molecule has 1 fully saturated rings. The molecular weight excluding hydrogens is 346 g/mol. The number of rotatable bonds is 6. The molecule has 1 saturated heterocycles. The first-order valence-electron chi connectivity index (χ1n) is 8.49. The number of hydrogen-bond acceptors (Lipinski definition) is 3. The predicted molar refractivity (Wildman–Crippen MR) is 98.1 cm³/mol. The first kappa shape index (κ1) is 17.7. The largest absolute Gasteiger partial charge is 0.342 e. The number of sulfonamides is 1. The van der Waals surface area contributed by atoms with Gasteiger partial charge in [-0.3, -0.25) is 0 Å². The van der Waals surface area contributed by atoms with Crippen molar-refractivity contribution in [1.82, 2.24) is 14.3 Å². The number of unbranched alkanes of at least 4 members (excludes halogenated alkanes) is 1. The normalized spacial score (nSPS) is 19.8. The SMILES string of the molecule is Cc1ccc2nc([C@@H]3CCCN(S(=O)(=O)CCCCCl)C3)[nH]c2c1. The maximum Gasteiger partial charge on any atom is 0.214 e. The Bertz CT molecular complexity index is 803. The fourth-order valence-electron chi connectivity index (χ4n) is 3.26. The van der Waals surface area contributed by atoms with Crippen LogP contribution in [0.25, 0.3) is 11.0 Å². The Balaban J connectivity index is 1.74. The maximum atomic E-state index is 12.5. The van der Waals surface area contributed by atoms with Crippen LogP contribution in [0.15, 0.2) is 18.2 Å². The van der Waals surface area contributed by atoms with Crippen molar-refractivity contribution in [2.75, 3.05) is 24.7 Å². The van der Waals surface area contributed by atoms with Crippen LogP contribution in [-0.2, 0) is 10.0 Å². The molecule has 2 heterocycles. The highest BCUT2D eigenvalue weighted by atomic mass is 35.5. The van der Waals surface area contributed by atoms with Gasteiger partial charge in [-0.2, -0.15) is 0 Å². The zero-order chi connectivity index (χ0) is 17.2. The maximum absolute atomic E-state index is 12.5. The van der Waals surface area contributed by atoms with E-state index < -0.39 is 10.0 Å². The molecule has 24 heavy (non-hydrogen) atoms. The second-order valence-corrected chi connectivity index (χ2v) is 9.02. The van der Waals surface area contributed by atoms with Gasteiger partial charge in [0.2, 0.25) is 10.0 Å². The van der Waals surface area contributed by atoms with Gasteiger partial charge in [0.1, 0.15) is 5.82 Å². The molecule has 0 bridgehead atoms. The lowest BCUT2D eigenvalue weighted by molar-refractivity contribution is 0.310. The highest BCUT2D eigenvalue weighted by Gasteiger charge is 2.30. The van der Waals surface area contributed by atoms with E-state index >= 15 is 0 Å². The fourth-order valence-corrected chi connectivity index (χ4v) is 5.09. The number of aromatic amines is 1. The number of benzene rings is 1. The van der Waals surface area contributed by atoms with E-state index in [1.54, 1.807) is 4.31 Å². The van der Waals surface area contributed by atoms with E-state index in [0.717, 1.165) is 36.1 Å². The summed E-state index contributed by atoms with van der Waals surface area (Å²) in [5.74, 6) is 1.73. The van der Waals surface area contributed by atoms with E-state index in [1.165, 1.54) is 5.56 Å². The van der Waals surface area contributed by atoms with Gasteiger partial charge in [-0.1, -0.05) is 6.07 Å². The number of aryl methyl sites for hydroxylation is 1. The van der Waals surface area contributed by atoms with Crippen molar-refractivity contribution in [1.29, 1.82) is 0 Å². The zero-order valence-electron chi connectivity index (χ0n) is 14.0. The number of halogens is 1. The van der Waals surface area contributed by atoms with Gasteiger partial charge in [-0.05, 0) is 50.3 Å². The van der Waals surface area contributed by atoms with Crippen LogP contribution in [0.5, 0.6) is 0 Å². The van der Waals surface area contributed by atoms with Crippen LogP contribution >= 0.6 is 11.6 Å². The number of aromatic nitrogens is 2. The molecule has 1 aliphatic heterocycles. The summed E-state index contributed by atoms with van der Waals surface area (Å²) in [4.78, 5) is 8.06. The summed E-state index contributed by atoms with van der Waals surface area (Å²) in [6.07, 6.45) is 3.19. The lowest BCUT2D eigenvalue weighted by atomic mass is 9.99. The van der Waals surface area contributed by atoms with Gasteiger partial charge >= 0.3 is 0 Å². The van der Waals surface area contributed by atoms with Gasteiger partial charge < -0.3 is 4.98 Å². The molecule has 1 atom stereocenters. The number of hydrogen-bond donors (Lipinski definition) is 1. The van der Waals surface area contributed by atoms with Gasteiger partial charge in [0.25, 0.3) is 0 Å². The first-order valence-corrected chi connectivity index (χ1v) is 10.6. The monoisotopic (exact) mass is 369 g/mol. The highest BCUT2D eigenvalue weighted by Crippen LogP contribution is 2.28. The van der Waals surface area contributed by atoms with Crippen molar-refractivity contribution in [3.63, 3.8) is 0 Å². The summed E-state index contributed by atoms with van der Waals surface area (Å²) in [5, 5.41) is 0. The Hall–Kier alpha value is -1.11. The van der Waals surface area contributed by atoms with Crippen LogP contribution in [0.2, 0.25) is 0 Å². The number of nitrogens with zero attached hydrogens (tertiary/aromatic N) is 2. The third kappa shape index (κ3) is 3.92. The van der Waals surface area contributed by atoms with Gasteiger partial charge in [0, 0.05) is 24.9 Å². The number of fused-ring (bicyclic) bond motifs is 1. The number of piperidine rings is 1. The van der Waals surface area contributed by atoms with Crippen molar-refractivity contribution >= 4 is 32.7 Å². The van der Waals surface area contributed by atoms with E-state index in [0.29, 0.717) is 25.4 Å². The van der Waals surface area contributed by atoms with Crippen LogP contribution in [-0.4, -0.2) is 47.4 Å². The summed E-state index contributed by atoms with van der Waals surface area (Å²) in [5.41, 5.74) is 3.15. The van der Waals surface area contributed by atoms with E-state index in [2.05, 4.69) is 23.0 Å². The van der Waals surface area contributed by atoms with Gasteiger partial charge in [-0.15, -0.1) is 11.6 Å². The second kappa shape index (κ2) is 7.42. The number of imidazole rings is 1.